The average Bonchev–Trinajstić information content (AvgIpc) is 2.79. The zero-order chi connectivity index (χ0) is 16.2. The molecule has 0 saturated carbocycles. The maximum Gasteiger partial charge on any atom is 0.251 e. The monoisotopic (exact) mass is 323 g/mol. The third kappa shape index (κ3) is 3.50. The van der Waals surface area contributed by atoms with Gasteiger partial charge in [-0.2, -0.15) is 0 Å². The molecule has 1 heterocycles. The fourth-order valence-electron chi connectivity index (χ4n) is 2.81. The topological polar surface area (TPSA) is 20.3 Å². The van der Waals surface area contributed by atoms with Crippen molar-refractivity contribution in [3.63, 3.8) is 0 Å². The van der Waals surface area contributed by atoms with Crippen molar-refractivity contribution in [2.24, 2.45) is 0 Å². The van der Waals surface area contributed by atoms with Crippen LogP contribution in [0, 0.1) is 0 Å². The zero-order valence-electron chi connectivity index (χ0n) is 13.5. The zero-order valence-corrected chi connectivity index (χ0v) is 14.3. The summed E-state index contributed by atoms with van der Waals surface area (Å²) >= 11 is 1.83. The van der Waals surface area contributed by atoms with Gasteiger partial charge in [-0.3, -0.25) is 4.79 Å². The summed E-state index contributed by atoms with van der Waals surface area (Å²) in [7, 11) is 0. The molecule has 0 unspecified atom stereocenters. The van der Waals surface area contributed by atoms with Gasteiger partial charge in [-0.1, -0.05) is 60.7 Å². The first-order valence-electron chi connectivity index (χ1n) is 7.84. The number of hydrogen-bond donors (Lipinski definition) is 0. The Morgan fingerprint density at radius 2 is 1.48 bits per heavy atom. The normalized spacial score (nSPS) is 17.9. The van der Waals surface area contributed by atoms with Crippen LogP contribution in [0.1, 0.15) is 25.0 Å². The lowest BCUT2D eigenvalue weighted by Gasteiger charge is -2.26. The summed E-state index contributed by atoms with van der Waals surface area (Å²) in [6, 6.07) is 20.6. The average molecular weight is 323 g/mol. The van der Waals surface area contributed by atoms with Crippen LogP contribution in [0.2, 0.25) is 0 Å². The molecule has 3 heteroatoms. The Hall–Kier alpha value is -2.00. The lowest BCUT2D eigenvalue weighted by atomic mass is 10.2. The first-order valence-corrected chi connectivity index (χ1v) is 8.89. The van der Waals surface area contributed by atoms with Crippen LogP contribution in [0.15, 0.2) is 71.8 Å². The Labute approximate surface area is 142 Å². The quantitative estimate of drug-likeness (QED) is 0.800. The van der Waals surface area contributed by atoms with Gasteiger partial charge < -0.3 is 4.90 Å². The van der Waals surface area contributed by atoms with Gasteiger partial charge in [0.2, 0.25) is 0 Å². The highest BCUT2D eigenvalue weighted by atomic mass is 32.2. The first-order chi connectivity index (χ1) is 11.2. The molecule has 0 N–H and O–H groups in total. The fourth-order valence-corrected chi connectivity index (χ4v) is 4.13. The summed E-state index contributed by atoms with van der Waals surface area (Å²) in [6.07, 6.45) is 0. The molecule has 2 aromatic rings. The highest BCUT2D eigenvalue weighted by Crippen LogP contribution is 2.35. The van der Waals surface area contributed by atoms with E-state index in [1.54, 1.807) is 0 Å². The number of thioether (sulfide) groups is 1. The minimum atomic E-state index is 0.128. The highest BCUT2D eigenvalue weighted by Gasteiger charge is 2.34. The van der Waals surface area contributed by atoms with E-state index >= 15 is 0 Å². The van der Waals surface area contributed by atoms with Crippen molar-refractivity contribution in [1.29, 1.82) is 0 Å². The summed E-state index contributed by atoms with van der Waals surface area (Å²) in [5, 5.41) is 0.128. The van der Waals surface area contributed by atoms with E-state index < -0.39 is 0 Å². The summed E-state index contributed by atoms with van der Waals surface area (Å²) in [6.45, 7) is 4.69. The van der Waals surface area contributed by atoms with Gasteiger partial charge >= 0.3 is 0 Å². The molecule has 0 radical (unpaired) electrons. The smallest absolute Gasteiger partial charge is 0.251 e. The second-order valence-corrected chi connectivity index (χ2v) is 6.94. The molecule has 2 nitrogen and oxygen atoms in total. The Bertz CT molecular complexity index is 709. The van der Waals surface area contributed by atoms with Crippen molar-refractivity contribution in [1.82, 2.24) is 4.90 Å². The second kappa shape index (κ2) is 7.05. The van der Waals surface area contributed by atoms with Gasteiger partial charge in [0.05, 0.1) is 0 Å². The van der Waals surface area contributed by atoms with Gasteiger partial charge in [0.25, 0.3) is 5.91 Å². The lowest BCUT2D eigenvalue weighted by Crippen LogP contribution is -2.33. The highest BCUT2D eigenvalue weighted by molar-refractivity contribution is 7.99. The van der Waals surface area contributed by atoms with E-state index in [1.807, 2.05) is 47.9 Å². The number of nitrogens with zero attached hydrogens (tertiary/aromatic N) is 1. The largest absolute Gasteiger partial charge is 0.319 e. The molecular weight excluding hydrogens is 302 g/mol. The van der Waals surface area contributed by atoms with Gasteiger partial charge in [0.1, 0.15) is 5.37 Å². The second-order valence-electron chi connectivity index (χ2n) is 5.88. The molecule has 2 aromatic carbocycles. The molecule has 0 fully saturated rings. The number of carbonyl (C=O) groups excluding carboxylic acids is 1. The molecule has 0 aromatic heterocycles. The van der Waals surface area contributed by atoms with Crippen molar-refractivity contribution >= 4 is 17.7 Å². The molecule has 1 atom stereocenters. The molecule has 1 aliphatic heterocycles. The van der Waals surface area contributed by atoms with Crippen LogP contribution in [0.25, 0.3) is 0 Å². The first kappa shape index (κ1) is 15.9. The maximum atomic E-state index is 12.6. The van der Waals surface area contributed by atoms with Crippen molar-refractivity contribution < 1.29 is 4.79 Å². The Morgan fingerprint density at radius 3 is 2.09 bits per heavy atom. The Kier molecular flexibility index (Phi) is 4.87. The van der Waals surface area contributed by atoms with E-state index in [2.05, 4.69) is 43.3 Å². The minimum Gasteiger partial charge on any atom is -0.319 e. The molecule has 0 spiro atoms. The van der Waals surface area contributed by atoms with Crippen molar-refractivity contribution in [3.8, 4) is 0 Å². The molecule has 0 saturated heterocycles. The minimum absolute atomic E-state index is 0.128. The van der Waals surface area contributed by atoms with Gasteiger partial charge in [-0.05, 0) is 30.5 Å². The summed E-state index contributed by atoms with van der Waals surface area (Å²) < 4.78 is 0. The number of carbonyl (C=O) groups is 1. The van der Waals surface area contributed by atoms with Crippen molar-refractivity contribution in [2.75, 3.05) is 0 Å². The van der Waals surface area contributed by atoms with Crippen LogP contribution in [0.3, 0.4) is 0 Å². The van der Waals surface area contributed by atoms with E-state index in [1.165, 1.54) is 16.7 Å². The van der Waals surface area contributed by atoms with Crippen LogP contribution in [0.5, 0.6) is 0 Å². The van der Waals surface area contributed by atoms with Gasteiger partial charge in [-0.15, -0.1) is 11.8 Å². The maximum absolute atomic E-state index is 12.6. The predicted molar refractivity (Wildman–Crippen MR) is 96.9 cm³/mol. The Balaban J connectivity index is 1.75. The van der Waals surface area contributed by atoms with E-state index in [9.17, 15) is 4.79 Å². The molecule has 0 bridgehead atoms. The van der Waals surface area contributed by atoms with E-state index in [0.29, 0.717) is 6.54 Å². The van der Waals surface area contributed by atoms with Crippen LogP contribution in [0.4, 0.5) is 0 Å². The predicted octanol–water partition coefficient (Wildman–Crippen LogP) is 4.62. The third-order valence-corrected chi connectivity index (χ3v) is 5.70. The van der Waals surface area contributed by atoms with E-state index in [4.69, 9.17) is 0 Å². The molecule has 3 rings (SSSR count). The number of hydrogen-bond acceptors (Lipinski definition) is 2. The molecular formula is C20H21NOS. The van der Waals surface area contributed by atoms with Gasteiger partial charge in [0, 0.05) is 17.9 Å². The van der Waals surface area contributed by atoms with Crippen LogP contribution in [-0.2, 0) is 17.1 Å². The summed E-state index contributed by atoms with van der Waals surface area (Å²) in [4.78, 5) is 14.6. The van der Waals surface area contributed by atoms with E-state index in [-0.39, 0.29) is 11.3 Å². The van der Waals surface area contributed by atoms with Crippen LogP contribution >= 0.6 is 11.8 Å². The van der Waals surface area contributed by atoms with Gasteiger partial charge in [-0.25, -0.2) is 0 Å². The molecule has 23 heavy (non-hydrogen) atoms. The standard InChI is InChI=1S/C20H21NOS/c1-15-16(2)20(23-14-18-11-7-4-8-12-18)21(19(15)22)13-17-9-5-3-6-10-17/h3-12,20H,13-14H2,1-2H3/t20-/m1/s1. The van der Waals surface area contributed by atoms with E-state index in [0.717, 1.165) is 11.3 Å². The number of benzene rings is 2. The summed E-state index contributed by atoms with van der Waals surface area (Å²) in [5.74, 6) is 1.08. The number of amides is 1. The lowest BCUT2D eigenvalue weighted by molar-refractivity contribution is -0.126. The number of rotatable bonds is 5. The third-order valence-electron chi connectivity index (χ3n) is 4.27. The van der Waals surface area contributed by atoms with Gasteiger partial charge in [0.15, 0.2) is 0 Å². The molecule has 1 amide bonds. The molecule has 118 valence electrons. The van der Waals surface area contributed by atoms with Crippen molar-refractivity contribution in [2.45, 2.75) is 31.5 Å². The Morgan fingerprint density at radius 1 is 0.913 bits per heavy atom. The molecule has 0 aliphatic carbocycles. The molecule has 1 aliphatic rings. The summed E-state index contributed by atoms with van der Waals surface area (Å²) in [5.41, 5.74) is 4.55. The van der Waals surface area contributed by atoms with Crippen LogP contribution in [-0.4, -0.2) is 16.2 Å². The fraction of sp³-hybridized carbons (Fsp3) is 0.250. The van der Waals surface area contributed by atoms with Crippen molar-refractivity contribution in [3.05, 3.63) is 82.9 Å². The van der Waals surface area contributed by atoms with Crippen LogP contribution < -0.4 is 0 Å². The SMILES string of the molecule is CC1=C(C)[C@@H](SCc2ccccc2)N(Cc2ccccc2)C1=O.